The van der Waals surface area contributed by atoms with Crippen molar-refractivity contribution in [2.24, 2.45) is 23.2 Å². The average Bonchev–Trinajstić information content (AvgIpc) is 3.18. The molecule has 41 heavy (non-hydrogen) atoms. The molecule has 0 amide bonds. The smallest absolute Gasteiger partial charge is 0.336 e. The van der Waals surface area contributed by atoms with E-state index in [0.29, 0.717) is 23.0 Å². The van der Waals surface area contributed by atoms with Gasteiger partial charge in [0.05, 0.1) is 26.1 Å². The molecule has 5 N–H and O–H groups in total. The fourth-order valence-electron chi connectivity index (χ4n) is 7.35. The van der Waals surface area contributed by atoms with Gasteiger partial charge in [-0.2, -0.15) is 0 Å². The summed E-state index contributed by atoms with van der Waals surface area (Å²) >= 11 is 0. The van der Waals surface area contributed by atoms with Crippen LogP contribution in [0, 0.1) is 23.2 Å². The molecule has 5 atom stereocenters. The molecule has 0 bridgehead atoms. The minimum Gasteiger partial charge on any atom is -0.508 e. The van der Waals surface area contributed by atoms with E-state index in [1.165, 1.54) is 36.8 Å². The number of hydrogen-bond donors (Lipinski definition) is 5. The molecule has 10 nitrogen and oxygen atoms in total. The summed E-state index contributed by atoms with van der Waals surface area (Å²) in [5.41, 5.74) is 2.18. The van der Waals surface area contributed by atoms with Gasteiger partial charge in [0.25, 0.3) is 0 Å². The van der Waals surface area contributed by atoms with Gasteiger partial charge in [0.15, 0.2) is 5.60 Å². The second-order valence-corrected chi connectivity index (χ2v) is 12.4. The Morgan fingerprint density at radius 3 is 2.37 bits per heavy atom. The van der Waals surface area contributed by atoms with Crippen LogP contribution in [-0.2, 0) is 25.5 Å². The maximum absolute atomic E-state index is 10.3. The number of rotatable bonds is 10. The number of aromatic hydroxyl groups is 1. The number of benzene rings is 1. The molecule has 10 heteroatoms. The van der Waals surface area contributed by atoms with Gasteiger partial charge in [-0.1, -0.05) is 31.6 Å². The number of carbonyl (C=O) groups is 3. The summed E-state index contributed by atoms with van der Waals surface area (Å²) in [7, 11) is 4.18. The van der Waals surface area contributed by atoms with Crippen molar-refractivity contribution >= 4 is 17.9 Å². The van der Waals surface area contributed by atoms with Crippen molar-refractivity contribution < 1.29 is 44.7 Å². The van der Waals surface area contributed by atoms with Crippen LogP contribution >= 0.6 is 0 Å². The SMILES string of the molecule is CC1Cc2cc(O)ccc2C2CC[C@]3(C)/C(=C/COCCN(C)C)CCC3C12.O=C(O)CC(O)(CC(=O)O)C(=O)O. The molecule has 0 saturated heterocycles. The molecular weight excluding hydrogens is 530 g/mol. The maximum atomic E-state index is 10.3. The Kier molecular flexibility index (Phi) is 10.6. The molecule has 2 saturated carbocycles. The van der Waals surface area contributed by atoms with Gasteiger partial charge in [-0.25, -0.2) is 4.79 Å². The van der Waals surface area contributed by atoms with E-state index in [2.05, 4.69) is 45.0 Å². The molecule has 2 fully saturated rings. The average molecular weight is 576 g/mol. The van der Waals surface area contributed by atoms with Crippen LogP contribution in [0.3, 0.4) is 0 Å². The van der Waals surface area contributed by atoms with E-state index in [0.717, 1.165) is 38.0 Å². The number of ether oxygens (including phenoxy) is 1. The second-order valence-electron chi connectivity index (χ2n) is 12.4. The van der Waals surface area contributed by atoms with E-state index in [9.17, 15) is 19.5 Å². The lowest BCUT2D eigenvalue weighted by Crippen LogP contribution is -2.43. The Bertz CT molecular complexity index is 1130. The van der Waals surface area contributed by atoms with Gasteiger partial charge in [0.2, 0.25) is 0 Å². The van der Waals surface area contributed by atoms with E-state index in [1.807, 2.05) is 12.1 Å². The van der Waals surface area contributed by atoms with Crippen LogP contribution in [0.4, 0.5) is 0 Å². The van der Waals surface area contributed by atoms with Crippen molar-refractivity contribution in [3.63, 3.8) is 0 Å². The number of likely N-dealkylation sites (N-methyl/N-ethyl adjacent to an activating group) is 1. The normalized spacial score (nSPS) is 27.8. The zero-order chi connectivity index (χ0) is 30.5. The number of aliphatic carboxylic acids is 3. The maximum Gasteiger partial charge on any atom is 0.336 e. The molecule has 1 aromatic carbocycles. The number of phenolic OH excluding ortho intramolecular Hbond substituents is 1. The van der Waals surface area contributed by atoms with E-state index < -0.39 is 36.4 Å². The Morgan fingerprint density at radius 2 is 1.78 bits per heavy atom. The highest BCUT2D eigenvalue weighted by Gasteiger charge is 2.54. The van der Waals surface area contributed by atoms with Gasteiger partial charge in [-0.3, -0.25) is 9.59 Å². The summed E-state index contributed by atoms with van der Waals surface area (Å²) in [5, 5.41) is 43.7. The van der Waals surface area contributed by atoms with Gasteiger partial charge in [0, 0.05) is 6.54 Å². The van der Waals surface area contributed by atoms with Crippen molar-refractivity contribution in [3.05, 3.63) is 41.0 Å². The summed E-state index contributed by atoms with van der Waals surface area (Å²) in [6.45, 7) is 7.53. The quantitative estimate of drug-likeness (QED) is 0.205. The Labute approximate surface area is 241 Å². The predicted molar refractivity (Wildman–Crippen MR) is 152 cm³/mol. The van der Waals surface area contributed by atoms with Gasteiger partial charge in [0.1, 0.15) is 5.75 Å². The molecule has 3 aliphatic rings. The zero-order valence-electron chi connectivity index (χ0n) is 24.5. The van der Waals surface area contributed by atoms with Gasteiger partial charge >= 0.3 is 17.9 Å². The second kappa shape index (κ2) is 13.4. The molecule has 0 radical (unpaired) electrons. The van der Waals surface area contributed by atoms with Gasteiger partial charge in [-0.15, -0.1) is 0 Å². The fourth-order valence-corrected chi connectivity index (χ4v) is 7.35. The molecule has 0 heterocycles. The molecule has 228 valence electrons. The number of phenols is 1. The van der Waals surface area contributed by atoms with Crippen LogP contribution in [0.1, 0.15) is 69.4 Å². The number of carboxylic acids is 3. The molecular formula is C31H45NO9. The van der Waals surface area contributed by atoms with E-state index in [-0.39, 0.29) is 0 Å². The Balaban J connectivity index is 0.000000302. The summed E-state index contributed by atoms with van der Waals surface area (Å²) in [4.78, 5) is 32.7. The Hall–Kier alpha value is -2.95. The van der Waals surface area contributed by atoms with Crippen LogP contribution < -0.4 is 0 Å². The van der Waals surface area contributed by atoms with Gasteiger partial charge in [-0.05, 0) is 98.5 Å². The highest BCUT2D eigenvalue weighted by molar-refractivity contribution is 5.88. The lowest BCUT2D eigenvalue weighted by Gasteiger charge is -2.52. The lowest BCUT2D eigenvalue weighted by atomic mass is 9.52. The van der Waals surface area contributed by atoms with Crippen LogP contribution in [0.15, 0.2) is 29.8 Å². The highest BCUT2D eigenvalue weighted by Crippen LogP contribution is 2.63. The number of aliphatic hydroxyl groups is 1. The summed E-state index contributed by atoms with van der Waals surface area (Å²) < 4.78 is 5.87. The van der Waals surface area contributed by atoms with Crippen molar-refractivity contribution in [2.45, 2.75) is 70.3 Å². The molecule has 0 aromatic heterocycles. The van der Waals surface area contributed by atoms with Crippen LogP contribution in [-0.4, -0.2) is 87.8 Å². The van der Waals surface area contributed by atoms with Crippen LogP contribution in [0.2, 0.25) is 0 Å². The molecule has 1 aromatic rings. The first-order chi connectivity index (χ1) is 19.2. The van der Waals surface area contributed by atoms with E-state index in [1.54, 1.807) is 5.57 Å². The number of nitrogens with zero attached hydrogens (tertiary/aromatic N) is 1. The molecule has 0 spiro atoms. The minimum atomic E-state index is -2.74. The van der Waals surface area contributed by atoms with Crippen LogP contribution in [0.5, 0.6) is 5.75 Å². The number of fused-ring (bicyclic) bond motifs is 5. The predicted octanol–water partition coefficient (Wildman–Crippen LogP) is 3.75. The highest BCUT2D eigenvalue weighted by atomic mass is 16.5. The first-order valence-corrected chi connectivity index (χ1v) is 14.3. The molecule has 0 aliphatic heterocycles. The van der Waals surface area contributed by atoms with E-state index in [4.69, 9.17) is 25.2 Å². The standard InChI is InChI=1S/C25H37NO2.C6H8O7/c1-17-15-18-16-20(27)6-7-21(18)22-9-11-25(2)19(5-8-23(25)24(17)22)10-13-28-14-12-26(3)4;7-3(8)1-6(13,5(11)12)2-4(9)10/h6-7,10,16-17,22-24,27H,5,8-9,11-15H2,1-4H3;13H,1-2H2,(H,7,8)(H,9,10)(H,11,12)/b19-10+;/t17?,22?,23?,24?,25-;/m1./s1. The third kappa shape index (κ3) is 7.67. The minimum absolute atomic E-state index is 0.356. The largest absolute Gasteiger partial charge is 0.508 e. The molecule has 3 aliphatic carbocycles. The first kappa shape index (κ1) is 32.6. The zero-order valence-corrected chi connectivity index (χ0v) is 24.5. The summed E-state index contributed by atoms with van der Waals surface area (Å²) in [6, 6.07) is 6.12. The Morgan fingerprint density at radius 1 is 1.12 bits per heavy atom. The van der Waals surface area contributed by atoms with Crippen LogP contribution in [0.25, 0.3) is 0 Å². The number of hydrogen-bond acceptors (Lipinski definition) is 7. The van der Waals surface area contributed by atoms with Crippen molar-refractivity contribution in [3.8, 4) is 5.75 Å². The van der Waals surface area contributed by atoms with Gasteiger partial charge < -0.3 is 35.2 Å². The molecule has 4 unspecified atom stereocenters. The van der Waals surface area contributed by atoms with Crippen molar-refractivity contribution in [2.75, 3.05) is 33.9 Å². The summed E-state index contributed by atoms with van der Waals surface area (Å²) in [6.07, 6.45) is 6.38. The summed E-state index contributed by atoms with van der Waals surface area (Å²) in [5.74, 6) is -1.67. The topological polar surface area (TPSA) is 165 Å². The first-order valence-electron chi connectivity index (χ1n) is 14.3. The third-order valence-corrected chi connectivity index (χ3v) is 9.32. The molecule has 4 rings (SSSR count). The lowest BCUT2D eigenvalue weighted by molar-refractivity contribution is -0.170. The monoisotopic (exact) mass is 575 g/mol. The number of carboxylic acid groups (broad SMARTS) is 3. The van der Waals surface area contributed by atoms with E-state index >= 15 is 0 Å². The van der Waals surface area contributed by atoms with Crippen molar-refractivity contribution in [1.29, 1.82) is 0 Å². The third-order valence-electron chi connectivity index (χ3n) is 9.32. The van der Waals surface area contributed by atoms with Crippen molar-refractivity contribution in [1.82, 2.24) is 4.90 Å². The fraction of sp³-hybridized carbons (Fsp3) is 0.645. The number of allylic oxidation sites excluding steroid dienone is 1.